The van der Waals surface area contributed by atoms with E-state index in [1.54, 1.807) is 7.11 Å². The first kappa shape index (κ1) is 14.9. The highest BCUT2D eigenvalue weighted by atomic mass is 16.5. The number of hydrogen-bond donors (Lipinski definition) is 1. The van der Waals surface area contributed by atoms with Gasteiger partial charge in [-0.15, -0.1) is 0 Å². The van der Waals surface area contributed by atoms with Gasteiger partial charge in [0, 0.05) is 5.41 Å². The summed E-state index contributed by atoms with van der Waals surface area (Å²) in [4.78, 5) is 0. The Bertz CT molecular complexity index is 533. The standard InChI is InChI=1S/C19H28O2/c1-13-16(14-6-8-15(21-5)9-7-14)12-18(3)17(13,2)10-11-19(18,4)20/h6-9,13,16,20H,10-12H2,1-5H3/t13-,16+,17+,18-,19+/m1/s1. The summed E-state index contributed by atoms with van der Waals surface area (Å²) in [5, 5.41) is 10.9. The van der Waals surface area contributed by atoms with Crippen LogP contribution in [0.25, 0.3) is 0 Å². The van der Waals surface area contributed by atoms with Gasteiger partial charge in [-0.05, 0) is 61.1 Å². The Kier molecular flexibility index (Phi) is 3.18. The van der Waals surface area contributed by atoms with Crippen LogP contribution in [0.4, 0.5) is 0 Å². The SMILES string of the molecule is COc1ccc([C@H]2C[C@@]3(C)[C@@](C)(O)CC[C@@]3(C)[C@@H]2C)cc1. The first-order valence-electron chi connectivity index (χ1n) is 8.11. The average Bonchev–Trinajstić information content (AvgIpc) is 2.79. The molecule has 21 heavy (non-hydrogen) atoms. The van der Waals surface area contributed by atoms with Crippen LogP contribution in [-0.4, -0.2) is 17.8 Å². The number of benzene rings is 1. The topological polar surface area (TPSA) is 29.5 Å². The van der Waals surface area contributed by atoms with Gasteiger partial charge < -0.3 is 9.84 Å². The molecule has 0 saturated heterocycles. The molecule has 0 radical (unpaired) electrons. The molecule has 1 N–H and O–H groups in total. The van der Waals surface area contributed by atoms with E-state index in [0.29, 0.717) is 11.8 Å². The second kappa shape index (κ2) is 4.49. The van der Waals surface area contributed by atoms with Crippen LogP contribution in [0.3, 0.4) is 0 Å². The van der Waals surface area contributed by atoms with Gasteiger partial charge in [-0.25, -0.2) is 0 Å². The maximum atomic E-state index is 10.9. The monoisotopic (exact) mass is 288 g/mol. The number of methoxy groups -OCH3 is 1. The molecule has 3 rings (SSSR count). The van der Waals surface area contributed by atoms with E-state index in [0.717, 1.165) is 25.0 Å². The fourth-order valence-electron chi connectivity index (χ4n) is 5.17. The summed E-state index contributed by atoms with van der Waals surface area (Å²) in [7, 11) is 1.71. The molecular formula is C19H28O2. The van der Waals surface area contributed by atoms with Crippen molar-refractivity contribution < 1.29 is 9.84 Å². The second-order valence-corrected chi connectivity index (χ2v) is 7.90. The first-order valence-corrected chi connectivity index (χ1v) is 8.11. The van der Waals surface area contributed by atoms with Gasteiger partial charge in [0.1, 0.15) is 5.75 Å². The van der Waals surface area contributed by atoms with Gasteiger partial charge >= 0.3 is 0 Å². The third-order valence-corrected chi connectivity index (χ3v) is 7.36. The molecule has 0 heterocycles. The van der Waals surface area contributed by atoms with E-state index in [4.69, 9.17) is 4.74 Å². The van der Waals surface area contributed by atoms with E-state index in [-0.39, 0.29) is 10.8 Å². The normalized spacial score (nSPS) is 45.6. The number of hydrogen-bond acceptors (Lipinski definition) is 2. The highest BCUT2D eigenvalue weighted by molar-refractivity contribution is 5.33. The van der Waals surface area contributed by atoms with Crippen LogP contribution in [0.15, 0.2) is 24.3 Å². The van der Waals surface area contributed by atoms with Crippen LogP contribution in [0.5, 0.6) is 5.75 Å². The van der Waals surface area contributed by atoms with Crippen LogP contribution in [0.1, 0.15) is 58.4 Å². The minimum absolute atomic E-state index is 0.00398. The predicted octanol–water partition coefficient (Wildman–Crippen LogP) is 4.38. The zero-order valence-corrected chi connectivity index (χ0v) is 13.9. The molecule has 0 spiro atoms. The highest BCUT2D eigenvalue weighted by Gasteiger charge is 2.67. The molecule has 2 aliphatic rings. The molecule has 2 fully saturated rings. The quantitative estimate of drug-likeness (QED) is 0.875. The summed E-state index contributed by atoms with van der Waals surface area (Å²) in [6, 6.07) is 8.50. The van der Waals surface area contributed by atoms with Crippen molar-refractivity contribution in [3.63, 3.8) is 0 Å². The minimum Gasteiger partial charge on any atom is -0.497 e. The lowest BCUT2D eigenvalue weighted by molar-refractivity contribution is -0.0718. The van der Waals surface area contributed by atoms with Gasteiger partial charge in [0.15, 0.2) is 0 Å². The molecule has 116 valence electrons. The van der Waals surface area contributed by atoms with Crippen LogP contribution < -0.4 is 4.74 Å². The largest absolute Gasteiger partial charge is 0.497 e. The van der Waals surface area contributed by atoms with Gasteiger partial charge in [-0.1, -0.05) is 32.9 Å². The van der Waals surface area contributed by atoms with Crippen molar-refractivity contribution in [2.75, 3.05) is 7.11 Å². The number of ether oxygens (including phenoxy) is 1. The molecule has 0 aliphatic heterocycles. The van der Waals surface area contributed by atoms with Gasteiger partial charge in [0.05, 0.1) is 12.7 Å². The van der Waals surface area contributed by atoms with Gasteiger partial charge in [0.2, 0.25) is 0 Å². The van der Waals surface area contributed by atoms with Crippen LogP contribution in [0, 0.1) is 16.7 Å². The summed E-state index contributed by atoms with van der Waals surface area (Å²) in [5.41, 5.74) is 1.07. The molecule has 2 aliphatic carbocycles. The minimum atomic E-state index is -0.544. The van der Waals surface area contributed by atoms with E-state index in [1.807, 2.05) is 6.92 Å². The van der Waals surface area contributed by atoms with Gasteiger partial charge in [0.25, 0.3) is 0 Å². The molecule has 2 nitrogen and oxygen atoms in total. The van der Waals surface area contributed by atoms with Crippen molar-refractivity contribution in [1.29, 1.82) is 0 Å². The Morgan fingerprint density at radius 2 is 1.71 bits per heavy atom. The Hall–Kier alpha value is -1.02. The second-order valence-electron chi connectivity index (χ2n) is 7.90. The Morgan fingerprint density at radius 1 is 1.10 bits per heavy atom. The molecule has 5 atom stereocenters. The van der Waals surface area contributed by atoms with Crippen molar-refractivity contribution in [1.82, 2.24) is 0 Å². The summed E-state index contributed by atoms with van der Waals surface area (Å²) in [6.07, 6.45) is 3.13. The zero-order valence-electron chi connectivity index (χ0n) is 13.9. The van der Waals surface area contributed by atoms with E-state index in [2.05, 4.69) is 45.0 Å². The fourth-order valence-corrected chi connectivity index (χ4v) is 5.17. The number of aliphatic hydroxyl groups is 1. The fraction of sp³-hybridized carbons (Fsp3) is 0.684. The molecule has 1 aromatic carbocycles. The summed E-state index contributed by atoms with van der Waals surface area (Å²) < 4.78 is 5.27. The van der Waals surface area contributed by atoms with Crippen molar-refractivity contribution in [2.45, 2.75) is 58.5 Å². The molecule has 0 amide bonds. The lowest BCUT2D eigenvalue weighted by Crippen LogP contribution is -2.44. The molecular weight excluding hydrogens is 260 g/mol. The highest BCUT2D eigenvalue weighted by Crippen LogP contribution is 2.71. The smallest absolute Gasteiger partial charge is 0.118 e. The lowest BCUT2D eigenvalue weighted by atomic mass is 9.63. The van der Waals surface area contributed by atoms with E-state index >= 15 is 0 Å². The zero-order chi connectivity index (χ0) is 15.5. The van der Waals surface area contributed by atoms with Crippen LogP contribution in [0.2, 0.25) is 0 Å². The maximum absolute atomic E-state index is 10.9. The average molecular weight is 288 g/mol. The molecule has 2 heteroatoms. The molecule has 0 aromatic heterocycles. The molecule has 1 aromatic rings. The predicted molar refractivity (Wildman–Crippen MR) is 85.6 cm³/mol. The number of rotatable bonds is 2. The van der Waals surface area contributed by atoms with Crippen molar-refractivity contribution >= 4 is 0 Å². The van der Waals surface area contributed by atoms with Crippen molar-refractivity contribution in [3.05, 3.63) is 29.8 Å². The van der Waals surface area contributed by atoms with Gasteiger partial charge in [-0.3, -0.25) is 0 Å². The van der Waals surface area contributed by atoms with Crippen LogP contribution in [-0.2, 0) is 0 Å². The summed E-state index contributed by atoms with van der Waals surface area (Å²) in [6.45, 7) is 9.12. The number of fused-ring (bicyclic) bond motifs is 1. The van der Waals surface area contributed by atoms with Crippen molar-refractivity contribution in [2.24, 2.45) is 16.7 Å². The summed E-state index contributed by atoms with van der Waals surface area (Å²) in [5.74, 6) is 2.02. The summed E-state index contributed by atoms with van der Waals surface area (Å²) >= 11 is 0. The van der Waals surface area contributed by atoms with E-state index in [1.165, 1.54) is 5.56 Å². The van der Waals surface area contributed by atoms with Gasteiger partial charge in [-0.2, -0.15) is 0 Å². The molecule has 2 saturated carbocycles. The van der Waals surface area contributed by atoms with Crippen molar-refractivity contribution in [3.8, 4) is 5.75 Å². The maximum Gasteiger partial charge on any atom is 0.118 e. The van der Waals surface area contributed by atoms with E-state index in [9.17, 15) is 5.11 Å². The third kappa shape index (κ3) is 1.81. The Labute approximate surface area is 128 Å². The van der Waals surface area contributed by atoms with E-state index < -0.39 is 5.60 Å². The Balaban J connectivity index is 1.97. The third-order valence-electron chi connectivity index (χ3n) is 7.36. The molecule has 0 bridgehead atoms. The molecule has 0 unspecified atom stereocenters. The van der Waals surface area contributed by atoms with Crippen LogP contribution >= 0.6 is 0 Å². The first-order chi connectivity index (χ1) is 9.75. The Morgan fingerprint density at radius 3 is 2.24 bits per heavy atom. The lowest BCUT2D eigenvalue weighted by Gasteiger charge is -2.44.